The first-order valence-electron chi connectivity index (χ1n) is 7.14. The molecule has 0 fully saturated rings. The molecule has 0 bridgehead atoms. The second-order valence-corrected chi connectivity index (χ2v) is 5.08. The van der Waals surface area contributed by atoms with E-state index in [4.69, 9.17) is 4.74 Å². The van der Waals surface area contributed by atoms with Gasteiger partial charge in [0.15, 0.2) is 6.29 Å². The van der Waals surface area contributed by atoms with Crippen LogP contribution in [0.5, 0.6) is 5.75 Å². The Balaban J connectivity index is 2.33. The van der Waals surface area contributed by atoms with Crippen LogP contribution in [-0.2, 0) is 0 Å². The van der Waals surface area contributed by atoms with E-state index in [9.17, 15) is 9.18 Å². The fraction of sp³-hybridized carbons (Fsp3) is 0.167. The van der Waals surface area contributed by atoms with Crippen molar-refractivity contribution >= 4 is 11.8 Å². The van der Waals surface area contributed by atoms with Crippen LogP contribution in [0.25, 0.3) is 16.6 Å². The number of rotatable bonds is 4. The highest BCUT2D eigenvalue weighted by Crippen LogP contribution is 2.35. The molecule has 2 aromatic heterocycles. The Morgan fingerprint density at radius 3 is 2.77 bits per heavy atom. The first kappa shape index (κ1) is 14.3. The van der Waals surface area contributed by atoms with Crippen molar-refractivity contribution in [1.82, 2.24) is 4.40 Å². The summed E-state index contributed by atoms with van der Waals surface area (Å²) in [5, 5.41) is 0. The van der Waals surface area contributed by atoms with Crippen molar-refractivity contribution in [1.29, 1.82) is 0 Å². The zero-order valence-corrected chi connectivity index (χ0v) is 12.5. The van der Waals surface area contributed by atoms with E-state index in [1.807, 2.05) is 42.6 Å². The number of aromatic nitrogens is 1. The lowest BCUT2D eigenvalue weighted by Gasteiger charge is -2.10. The number of pyridine rings is 1. The van der Waals surface area contributed by atoms with Crippen LogP contribution in [0.4, 0.5) is 4.39 Å². The molecule has 0 aliphatic carbocycles. The Kier molecular flexibility index (Phi) is 3.67. The molecule has 4 heteroatoms. The number of carbonyl (C=O) groups excluding carboxylic acids is 1. The third-order valence-corrected chi connectivity index (χ3v) is 3.70. The number of hydrogen-bond acceptors (Lipinski definition) is 2. The molecule has 0 unspecified atom stereocenters. The lowest BCUT2D eigenvalue weighted by atomic mass is 10.0. The summed E-state index contributed by atoms with van der Waals surface area (Å²) in [4.78, 5) is 11.6. The lowest BCUT2D eigenvalue weighted by molar-refractivity contribution is 0.111. The van der Waals surface area contributed by atoms with Crippen molar-refractivity contribution in [2.75, 3.05) is 6.61 Å². The summed E-state index contributed by atoms with van der Waals surface area (Å²) in [6.45, 7) is 4.32. The second kappa shape index (κ2) is 5.64. The van der Waals surface area contributed by atoms with Gasteiger partial charge in [0.05, 0.1) is 12.3 Å². The lowest BCUT2D eigenvalue weighted by Crippen LogP contribution is -1.97. The van der Waals surface area contributed by atoms with E-state index in [0.717, 1.165) is 17.4 Å². The third kappa shape index (κ3) is 2.26. The molecular formula is C18H16FNO2. The summed E-state index contributed by atoms with van der Waals surface area (Å²) in [7, 11) is 0. The summed E-state index contributed by atoms with van der Waals surface area (Å²) < 4.78 is 21.1. The summed E-state index contributed by atoms with van der Waals surface area (Å²) >= 11 is 0. The first-order chi connectivity index (χ1) is 10.7. The highest BCUT2D eigenvalue weighted by atomic mass is 19.1. The molecule has 0 atom stereocenters. The van der Waals surface area contributed by atoms with E-state index in [-0.39, 0.29) is 5.82 Å². The van der Waals surface area contributed by atoms with Crippen molar-refractivity contribution in [2.24, 2.45) is 0 Å². The number of fused-ring (bicyclic) bond motifs is 1. The predicted octanol–water partition coefficient (Wildman–Crippen LogP) is 4.27. The van der Waals surface area contributed by atoms with Crippen molar-refractivity contribution in [3.05, 3.63) is 59.7 Å². The number of halogens is 1. The van der Waals surface area contributed by atoms with Gasteiger partial charge in [-0.05, 0) is 49.7 Å². The number of hydrogen-bond donors (Lipinski definition) is 0. The average molecular weight is 297 g/mol. The summed E-state index contributed by atoms with van der Waals surface area (Å²) in [6, 6.07) is 10.1. The van der Waals surface area contributed by atoms with Gasteiger partial charge in [0, 0.05) is 22.8 Å². The Morgan fingerprint density at radius 1 is 1.23 bits per heavy atom. The number of nitrogens with zero attached hydrogens (tertiary/aromatic N) is 1. The number of aryl methyl sites for hydroxylation is 1. The zero-order valence-electron chi connectivity index (χ0n) is 12.5. The highest BCUT2D eigenvalue weighted by Gasteiger charge is 2.16. The molecule has 0 spiro atoms. The van der Waals surface area contributed by atoms with Crippen molar-refractivity contribution < 1.29 is 13.9 Å². The maximum absolute atomic E-state index is 13.7. The van der Waals surface area contributed by atoms with Crippen LogP contribution in [0.3, 0.4) is 0 Å². The summed E-state index contributed by atoms with van der Waals surface area (Å²) in [5.41, 5.74) is 3.72. The van der Waals surface area contributed by atoms with Crippen LogP contribution in [0.1, 0.15) is 23.0 Å². The summed E-state index contributed by atoms with van der Waals surface area (Å²) in [5.74, 6) is 0.211. The molecular weight excluding hydrogens is 281 g/mol. The van der Waals surface area contributed by atoms with Gasteiger partial charge in [0.1, 0.15) is 11.6 Å². The monoisotopic (exact) mass is 297 g/mol. The quantitative estimate of drug-likeness (QED) is 0.673. The van der Waals surface area contributed by atoms with E-state index in [2.05, 4.69) is 0 Å². The summed E-state index contributed by atoms with van der Waals surface area (Å²) in [6.07, 6.45) is 2.62. The molecule has 22 heavy (non-hydrogen) atoms. The smallest absolute Gasteiger partial charge is 0.167 e. The van der Waals surface area contributed by atoms with Gasteiger partial charge in [0.25, 0.3) is 0 Å². The fourth-order valence-electron chi connectivity index (χ4n) is 2.69. The van der Waals surface area contributed by atoms with Crippen molar-refractivity contribution in [2.45, 2.75) is 13.8 Å². The highest BCUT2D eigenvalue weighted by molar-refractivity contribution is 5.92. The molecule has 0 N–H and O–H groups in total. The number of ether oxygens (including phenoxy) is 1. The number of aldehydes is 1. The molecule has 112 valence electrons. The standard InChI is InChI=1S/C18H16FNO2/c1-3-22-18-7-6-13(19)9-15(18)14-10-16-12(2)5-4-8-20(16)17(14)11-21/h4-11H,3H2,1-2H3. The van der Waals surface area contributed by atoms with Gasteiger partial charge in [0.2, 0.25) is 0 Å². The molecule has 0 saturated carbocycles. The largest absolute Gasteiger partial charge is 0.493 e. The zero-order chi connectivity index (χ0) is 15.7. The van der Waals surface area contributed by atoms with E-state index in [1.165, 1.54) is 12.1 Å². The van der Waals surface area contributed by atoms with Gasteiger partial charge in [-0.25, -0.2) is 4.39 Å². The molecule has 3 aromatic rings. The van der Waals surface area contributed by atoms with Crippen LogP contribution in [0, 0.1) is 12.7 Å². The fourth-order valence-corrected chi connectivity index (χ4v) is 2.69. The van der Waals surface area contributed by atoms with E-state index < -0.39 is 0 Å². The molecule has 0 amide bonds. The minimum atomic E-state index is -0.359. The Bertz CT molecular complexity index is 852. The molecule has 3 nitrogen and oxygen atoms in total. The minimum absolute atomic E-state index is 0.359. The molecule has 1 aromatic carbocycles. The molecule has 0 radical (unpaired) electrons. The molecule has 2 heterocycles. The topological polar surface area (TPSA) is 30.7 Å². The van der Waals surface area contributed by atoms with Crippen molar-refractivity contribution in [3.63, 3.8) is 0 Å². The number of benzene rings is 1. The van der Waals surface area contributed by atoms with Crippen LogP contribution >= 0.6 is 0 Å². The Hall–Kier alpha value is -2.62. The van der Waals surface area contributed by atoms with Gasteiger partial charge in [-0.2, -0.15) is 0 Å². The van der Waals surface area contributed by atoms with Crippen LogP contribution in [0.15, 0.2) is 42.6 Å². The SMILES string of the molecule is CCOc1ccc(F)cc1-c1cc2c(C)cccn2c1C=O. The van der Waals surface area contributed by atoms with E-state index in [1.54, 1.807) is 6.07 Å². The predicted molar refractivity (Wildman–Crippen MR) is 84.1 cm³/mol. The Labute approximate surface area is 128 Å². The maximum atomic E-state index is 13.7. The molecule has 0 aliphatic rings. The Morgan fingerprint density at radius 2 is 2.05 bits per heavy atom. The van der Waals surface area contributed by atoms with E-state index in [0.29, 0.717) is 29.2 Å². The van der Waals surface area contributed by atoms with Crippen molar-refractivity contribution in [3.8, 4) is 16.9 Å². The molecule has 3 rings (SSSR count). The van der Waals surface area contributed by atoms with E-state index >= 15 is 0 Å². The minimum Gasteiger partial charge on any atom is -0.493 e. The van der Waals surface area contributed by atoms with Gasteiger partial charge < -0.3 is 9.14 Å². The maximum Gasteiger partial charge on any atom is 0.167 e. The number of carbonyl (C=O) groups is 1. The first-order valence-corrected chi connectivity index (χ1v) is 7.14. The molecule has 0 saturated heterocycles. The van der Waals surface area contributed by atoms with Gasteiger partial charge in [-0.3, -0.25) is 4.79 Å². The van der Waals surface area contributed by atoms with Crippen LogP contribution in [-0.4, -0.2) is 17.3 Å². The van der Waals surface area contributed by atoms with Gasteiger partial charge >= 0.3 is 0 Å². The van der Waals surface area contributed by atoms with Gasteiger partial charge in [-0.15, -0.1) is 0 Å². The van der Waals surface area contributed by atoms with Crippen LogP contribution in [0.2, 0.25) is 0 Å². The van der Waals surface area contributed by atoms with Crippen LogP contribution < -0.4 is 4.74 Å². The average Bonchev–Trinajstić information content (AvgIpc) is 2.89. The van der Waals surface area contributed by atoms with Gasteiger partial charge in [-0.1, -0.05) is 6.07 Å². The third-order valence-electron chi connectivity index (χ3n) is 3.70. The molecule has 0 aliphatic heterocycles. The second-order valence-electron chi connectivity index (χ2n) is 5.08. The normalized spacial score (nSPS) is 10.9.